The van der Waals surface area contributed by atoms with E-state index in [0.717, 1.165) is 0 Å². The summed E-state index contributed by atoms with van der Waals surface area (Å²) in [6, 6.07) is 0.0231. The van der Waals surface area contributed by atoms with Gasteiger partial charge in [-0.2, -0.15) is 0 Å². The van der Waals surface area contributed by atoms with E-state index in [1.807, 2.05) is 13.8 Å². The van der Waals surface area contributed by atoms with Crippen molar-refractivity contribution in [1.82, 2.24) is 4.90 Å². The Hall–Kier alpha value is -0.620. The van der Waals surface area contributed by atoms with Gasteiger partial charge in [0.05, 0.1) is 16.9 Å². The molecule has 2 saturated heterocycles. The molecule has 2 rings (SSSR count). The summed E-state index contributed by atoms with van der Waals surface area (Å²) in [6.07, 6.45) is 1.27. The summed E-state index contributed by atoms with van der Waals surface area (Å²) in [7, 11) is -2.90. The quantitative estimate of drug-likeness (QED) is 0.816. The smallest absolute Gasteiger partial charge is 0.311 e. The van der Waals surface area contributed by atoms with Crippen molar-refractivity contribution in [2.75, 3.05) is 24.6 Å². The van der Waals surface area contributed by atoms with E-state index >= 15 is 0 Å². The minimum atomic E-state index is -2.90. The predicted octanol–water partition coefficient (Wildman–Crippen LogP) is 0.606. The molecule has 0 bridgehead atoms. The summed E-state index contributed by atoms with van der Waals surface area (Å²) in [6.45, 7) is 5.05. The molecule has 1 N–H and O–H groups in total. The summed E-state index contributed by atoms with van der Waals surface area (Å²) in [5.41, 5.74) is -0.702. The zero-order valence-corrected chi connectivity index (χ0v) is 11.7. The van der Waals surface area contributed by atoms with Crippen LogP contribution in [0.4, 0.5) is 0 Å². The van der Waals surface area contributed by atoms with Crippen LogP contribution in [0.1, 0.15) is 26.7 Å². The topological polar surface area (TPSA) is 74.7 Å². The maximum Gasteiger partial charge on any atom is 0.311 e. The Morgan fingerprint density at radius 1 is 1.44 bits per heavy atom. The molecule has 0 aliphatic carbocycles. The van der Waals surface area contributed by atoms with Gasteiger partial charge in [0.1, 0.15) is 0 Å². The maximum atomic E-state index is 11.5. The minimum absolute atomic E-state index is 0.0231. The van der Waals surface area contributed by atoms with E-state index in [4.69, 9.17) is 0 Å². The molecule has 2 fully saturated rings. The van der Waals surface area contributed by atoms with Crippen molar-refractivity contribution in [2.24, 2.45) is 11.3 Å². The first-order chi connectivity index (χ1) is 8.27. The molecule has 0 amide bonds. The Bertz CT molecular complexity index is 445. The van der Waals surface area contributed by atoms with E-state index in [-0.39, 0.29) is 23.5 Å². The Morgan fingerprint density at radius 3 is 2.50 bits per heavy atom. The van der Waals surface area contributed by atoms with Crippen molar-refractivity contribution in [1.29, 1.82) is 0 Å². The zero-order valence-electron chi connectivity index (χ0n) is 10.9. The lowest BCUT2D eigenvalue weighted by atomic mass is 9.76. The average Bonchev–Trinajstić information content (AvgIpc) is 2.81. The van der Waals surface area contributed by atoms with E-state index in [2.05, 4.69) is 4.90 Å². The van der Waals surface area contributed by atoms with Gasteiger partial charge in [-0.25, -0.2) is 8.42 Å². The molecule has 2 aliphatic heterocycles. The number of sulfone groups is 1. The first-order valence-corrected chi connectivity index (χ1v) is 8.27. The largest absolute Gasteiger partial charge is 0.481 e. The third-order valence-corrected chi connectivity index (χ3v) is 6.34. The summed E-state index contributed by atoms with van der Waals surface area (Å²) >= 11 is 0. The van der Waals surface area contributed by atoms with Crippen molar-refractivity contribution in [3.8, 4) is 0 Å². The molecule has 0 spiro atoms. The summed E-state index contributed by atoms with van der Waals surface area (Å²) in [5.74, 6) is -0.240. The number of carboxylic acids is 1. The first kappa shape index (κ1) is 13.8. The third-order valence-electron chi connectivity index (χ3n) is 4.59. The lowest BCUT2D eigenvalue weighted by molar-refractivity contribution is -0.151. The van der Waals surface area contributed by atoms with Crippen molar-refractivity contribution in [2.45, 2.75) is 32.7 Å². The normalized spacial score (nSPS) is 36.3. The van der Waals surface area contributed by atoms with Crippen molar-refractivity contribution < 1.29 is 18.3 Å². The van der Waals surface area contributed by atoms with Crippen LogP contribution in [0.3, 0.4) is 0 Å². The second-order valence-electron chi connectivity index (χ2n) is 5.89. The van der Waals surface area contributed by atoms with Crippen LogP contribution in [0.2, 0.25) is 0 Å². The van der Waals surface area contributed by atoms with Crippen LogP contribution in [0, 0.1) is 11.3 Å². The van der Waals surface area contributed by atoms with Gasteiger partial charge < -0.3 is 5.11 Å². The van der Waals surface area contributed by atoms with Gasteiger partial charge >= 0.3 is 5.97 Å². The maximum absolute atomic E-state index is 11.5. The number of likely N-dealkylation sites (tertiary alicyclic amines) is 1. The lowest BCUT2D eigenvalue weighted by Gasteiger charge is -2.30. The van der Waals surface area contributed by atoms with Gasteiger partial charge in [-0.3, -0.25) is 9.69 Å². The van der Waals surface area contributed by atoms with Crippen LogP contribution in [-0.4, -0.2) is 55.0 Å². The monoisotopic (exact) mass is 275 g/mol. The number of carbonyl (C=O) groups is 1. The molecule has 2 heterocycles. The molecule has 0 aromatic heterocycles. The fraction of sp³-hybridized carbons (Fsp3) is 0.917. The second-order valence-corrected chi connectivity index (χ2v) is 8.12. The Kier molecular flexibility index (Phi) is 3.44. The number of rotatable bonds is 3. The van der Waals surface area contributed by atoms with Crippen LogP contribution in [0.25, 0.3) is 0 Å². The molecule has 2 atom stereocenters. The van der Waals surface area contributed by atoms with E-state index in [0.29, 0.717) is 25.9 Å². The molecule has 0 aromatic rings. The highest BCUT2D eigenvalue weighted by Gasteiger charge is 2.49. The van der Waals surface area contributed by atoms with Gasteiger partial charge in [0.15, 0.2) is 9.84 Å². The molecule has 104 valence electrons. The number of aliphatic carboxylic acids is 1. The van der Waals surface area contributed by atoms with Crippen LogP contribution < -0.4 is 0 Å². The molecule has 0 aromatic carbocycles. The fourth-order valence-electron chi connectivity index (χ4n) is 3.13. The Morgan fingerprint density at radius 2 is 2.11 bits per heavy atom. The molecule has 2 unspecified atom stereocenters. The van der Waals surface area contributed by atoms with Gasteiger partial charge in [0, 0.05) is 12.6 Å². The number of hydrogen-bond donors (Lipinski definition) is 1. The zero-order chi connectivity index (χ0) is 13.6. The van der Waals surface area contributed by atoms with Crippen LogP contribution >= 0.6 is 0 Å². The van der Waals surface area contributed by atoms with Crippen LogP contribution in [0.5, 0.6) is 0 Å². The summed E-state index contributed by atoms with van der Waals surface area (Å²) in [4.78, 5) is 13.6. The Balaban J connectivity index is 2.10. The molecule has 0 saturated carbocycles. The van der Waals surface area contributed by atoms with Crippen molar-refractivity contribution in [3.63, 3.8) is 0 Å². The molecular weight excluding hydrogens is 254 g/mol. The van der Waals surface area contributed by atoms with Crippen molar-refractivity contribution in [3.05, 3.63) is 0 Å². The van der Waals surface area contributed by atoms with Gasteiger partial charge in [-0.1, -0.05) is 13.8 Å². The number of carboxylic acid groups (broad SMARTS) is 1. The number of hydrogen-bond acceptors (Lipinski definition) is 4. The first-order valence-electron chi connectivity index (χ1n) is 6.45. The summed E-state index contributed by atoms with van der Waals surface area (Å²) < 4.78 is 23.0. The molecule has 2 aliphatic rings. The Labute approximate surface area is 108 Å². The predicted molar refractivity (Wildman–Crippen MR) is 68.2 cm³/mol. The van der Waals surface area contributed by atoms with E-state index in [1.165, 1.54) is 0 Å². The average molecular weight is 275 g/mol. The van der Waals surface area contributed by atoms with E-state index < -0.39 is 21.2 Å². The van der Waals surface area contributed by atoms with E-state index in [1.54, 1.807) is 0 Å². The van der Waals surface area contributed by atoms with E-state index in [9.17, 15) is 18.3 Å². The molecule has 5 nitrogen and oxygen atoms in total. The highest BCUT2D eigenvalue weighted by atomic mass is 32.2. The highest BCUT2D eigenvalue weighted by Crippen LogP contribution is 2.40. The fourth-order valence-corrected chi connectivity index (χ4v) is 4.89. The van der Waals surface area contributed by atoms with Gasteiger partial charge in [0.2, 0.25) is 0 Å². The van der Waals surface area contributed by atoms with Gasteiger partial charge in [-0.15, -0.1) is 0 Å². The van der Waals surface area contributed by atoms with Crippen LogP contribution in [0.15, 0.2) is 0 Å². The van der Waals surface area contributed by atoms with Gasteiger partial charge in [0.25, 0.3) is 0 Å². The standard InChI is InChI=1S/C12H21NO4S/c1-9(2)12(11(14)15)4-5-13(8-12)10-3-6-18(16,17)7-10/h9-10H,3-8H2,1-2H3,(H,14,15). The SMILES string of the molecule is CC(C)C1(C(=O)O)CCN(C2CCS(=O)(=O)C2)C1. The third kappa shape index (κ3) is 2.28. The lowest BCUT2D eigenvalue weighted by Crippen LogP contribution is -2.42. The van der Waals surface area contributed by atoms with Crippen LogP contribution in [-0.2, 0) is 14.6 Å². The minimum Gasteiger partial charge on any atom is -0.481 e. The number of nitrogens with zero attached hydrogens (tertiary/aromatic N) is 1. The summed E-state index contributed by atoms with van der Waals surface area (Å²) in [5, 5.41) is 9.45. The molecule has 6 heteroatoms. The molecule has 0 radical (unpaired) electrons. The van der Waals surface area contributed by atoms with Crippen molar-refractivity contribution >= 4 is 15.8 Å². The highest BCUT2D eigenvalue weighted by molar-refractivity contribution is 7.91. The second kappa shape index (κ2) is 4.49. The molecule has 18 heavy (non-hydrogen) atoms. The van der Waals surface area contributed by atoms with Gasteiger partial charge in [-0.05, 0) is 25.3 Å². The molecular formula is C12H21NO4S.